The molecule has 10 heteroatoms. The molecule has 35 heavy (non-hydrogen) atoms. The van der Waals surface area contributed by atoms with Crippen LogP contribution in [0, 0.1) is 0 Å². The van der Waals surface area contributed by atoms with E-state index in [9.17, 15) is 14.7 Å². The lowest BCUT2D eigenvalue weighted by molar-refractivity contribution is -0.131. The minimum Gasteiger partial charge on any atom is -0.392 e. The summed E-state index contributed by atoms with van der Waals surface area (Å²) in [5.41, 5.74) is 3.51. The number of β-amino-alcohol motifs (C(OH)–C–C–N with tert-alkyl or cyclic N) is 1. The molecule has 1 amide bonds. The van der Waals surface area contributed by atoms with Crippen LogP contribution in [0.25, 0.3) is 22.4 Å². The smallest absolute Gasteiger partial charge is 0.266 e. The number of aliphatic hydroxyl groups excluding tert-OH is 1. The Morgan fingerprint density at radius 3 is 2.94 bits per heavy atom. The Morgan fingerprint density at radius 1 is 1.29 bits per heavy atom. The Labute approximate surface area is 201 Å². The van der Waals surface area contributed by atoms with Crippen molar-refractivity contribution in [2.24, 2.45) is 0 Å². The number of hydrogen-bond acceptors (Lipinski definition) is 8. The summed E-state index contributed by atoms with van der Waals surface area (Å²) >= 11 is 0. The van der Waals surface area contributed by atoms with Gasteiger partial charge in [0.05, 0.1) is 35.8 Å². The summed E-state index contributed by atoms with van der Waals surface area (Å²) in [6, 6.07) is 13.0. The zero-order valence-electron chi connectivity index (χ0n) is 19.3. The number of H-pyrrole nitrogens is 1. The van der Waals surface area contributed by atoms with Crippen LogP contribution in [0.2, 0.25) is 0 Å². The van der Waals surface area contributed by atoms with Gasteiger partial charge in [-0.1, -0.05) is 29.4 Å². The number of likely N-dealkylation sites (tertiary alicyclic amines) is 1. The molecule has 180 valence electrons. The Kier molecular flexibility index (Phi) is 6.39. The average Bonchev–Trinajstić information content (AvgIpc) is 3.54. The van der Waals surface area contributed by atoms with Crippen molar-refractivity contribution in [1.82, 2.24) is 29.9 Å². The SMILES string of the molecule is CN(C(=O)Cc1ccc2ncc(=O)[nH]c2c1)C(CN1CC[C@@H](O)C1)c1cccc(-c2ncon2)c1. The molecule has 2 aromatic carbocycles. The number of benzene rings is 2. The highest BCUT2D eigenvalue weighted by molar-refractivity contribution is 5.81. The number of aromatic nitrogens is 4. The third-order valence-electron chi connectivity index (χ3n) is 6.43. The molecule has 0 saturated carbocycles. The van der Waals surface area contributed by atoms with Crippen molar-refractivity contribution in [3.63, 3.8) is 0 Å². The monoisotopic (exact) mass is 474 g/mol. The number of aliphatic hydroxyl groups is 1. The van der Waals surface area contributed by atoms with Crippen molar-refractivity contribution in [3.05, 3.63) is 76.5 Å². The lowest BCUT2D eigenvalue weighted by Crippen LogP contribution is -2.39. The summed E-state index contributed by atoms with van der Waals surface area (Å²) in [5.74, 6) is 0.417. The van der Waals surface area contributed by atoms with Crippen molar-refractivity contribution >= 4 is 16.9 Å². The van der Waals surface area contributed by atoms with Crippen LogP contribution in [-0.2, 0) is 11.2 Å². The van der Waals surface area contributed by atoms with E-state index in [1.807, 2.05) is 30.3 Å². The van der Waals surface area contributed by atoms with Gasteiger partial charge in [-0.25, -0.2) is 4.98 Å². The minimum absolute atomic E-state index is 0.0645. The number of amides is 1. The molecule has 1 unspecified atom stereocenters. The quantitative estimate of drug-likeness (QED) is 0.415. The molecule has 4 aromatic rings. The van der Waals surface area contributed by atoms with Crippen LogP contribution in [0.1, 0.15) is 23.6 Å². The first-order chi connectivity index (χ1) is 17.0. The molecule has 1 aliphatic heterocycles. The van der Waals surface area contributed by atoms with E-state index < -0.39 is 0 Å². The van der Waals surface area contributed by atoms with E-state index >= 15 is 0 Å². The summed E-state index contributed by atoms with van der Waals surface area (Å²) in [7, 11) is 1.80. The number of nitrogens with one attached hydrogen (secondary N) is 1. The molecule has 1 aliphatic rings. The molecular formula is C25H26N6O4. The summed E-state index contributed by atoms with van der Waals surface area (Å²) in [6.07, 6.45) is 3.07. The van der Waals surface area contributed by atoms with Gasteiger partial charge in [0.15, 0.2) is 0 Å². The maximum atomic E-state index is 13.4. The number of likely N-dealkylation sites (N-methyl/N-ethyl adjacent to an activating group) is 1. The molecule has 0 spiro atoms. The first-order valence-corrected chi connectivity index (χ1v) is 11.5. The Balaban J connectivity index is 1.41. The number of aromatic amines is 1. The number of carbonyl (C=O) groups excluding carboxylic acids is 1. The number of fused-ring (bicyclic) bond motifs is 1. The minimum atomic E-state index is -0.351. The molecule has 10 nitrogen and oxygen atoms in total. The van der Waals surface area contributed by atoms with E-state index in [0.717, 1.165) is 29.7 Å². The average molecular weight is 475 g/mol. The molecule has 1 fully saturated rings. The normalized spacial score (nSPS) is 17.0. The van der Waals surface area contributed by atoms with Gasteiger partial charge in [-0.3, -0.25) is 14.5 Å². The highest BCUT2D eigenvalue weighted by Gasteiger charge is 2.28. The molecule has 2 aromatic heterocycles. The second-order valence-electron chi connectivity index (χ2n) is 8.88. The number of nitrogens with zero attached hydrogens (tertiary/aromatic N) is 5. The van der Waals surface area contributed by atoms with Crippen LogP contribution in [0.15, 0.2) is 64.4 Å². The van der Waals surface area contributed by atoms with Gasteiger partial charge in [0.1, 0.15) is 0 Å². The molecule has 0 radical (unpaired) electrons. The second kappa shape index (κ2) is 9.77. The standard InChI is InChI=1S/C25H26N6O4/c1-30(24(34)10-16-5-6-20-21(9-16)28-23(33)12-26-20)22(14-31-8-7-19(32)13-31)17-3-2-4-18(11-17)25-27-15-35-29-25/h2-6,9,11-12,15,19,22,32H,7-8,10,13-14H2,1H3,(H,28,33)/t19-,22?/m1/s1. The summed E-state index contributed by atoms with van der Waals surface area (Å²) in [5, 5.41) is 13.9. The van der Waals surface area contributed by atoms with E-state index in [1.54, 1.807) is 24.1 Å². The van der Waals surface area contributed by atoms with Gasteiger partial charge in [-0.05, 0) is 35.7 Å². The fourth-order valence-corrected chi connectivity index (χ4v) is 4.53. The molecule has 1 saturated heterocycles. The van der Waals surface area contributed by atoms with Crippen molar-refractivity contribution in [3.8, 4) is 11.4 Å². The number of rotatable bonds is 7. The van der Waals surface area contributed by atoms with E-state index in [2.05, 4.69) is 25.0 Å². The van der Waals surface area contributed by atoms with Crippen LogP contribution in [0.3, 0.4) is 0 Å². The molecule has 0 aliphatic carbocycles. The van der Waals surface area contributed by atoms with E-state index in [4.69, 9.17) is 4.52 Å². The molecule has 5 rings (SSSR count). The maximum Gasteiger partial charge on any atom is 0.266 e. The zero-order chi connectivity index (χ0) is 24.4. The summed E-state index contributed by atoms with van der Waals surface area (Å²) < 4.78 is 4.89. The Morgan fingerprint density at radius 2 is 2.17 bits per heavy atom. The van der Waals surface area contributed by atoms with Crippen LogP contribution in [0.4, 0.5) is 0 Å². The lowest BCUT2D eigenvalue weighted by atomic mass is 10.0. The van der Waals surface area contributed by atoms with Crippen LogP contribution >= 0.6 is 0 Å². The first-order valence-electron chi connectivity index (χ1n) is 11.5. The predicted molar refractivity (Wildman–Crippen MR) is 128 cm³/mol. The van der Waals surface area contributed by atoms with Gasteiger partial charge in [0.2, 0.25) is 18.1 Å². The maximum absolute atomic E-state index is 13.4. The summed E-state index contributed by atoms with van der Waals surface area (Å²) in [4.78, 5) is 40.0. The van der Waals surface area contributed by atoms with Crippen molar-refractivity contribution in [2.45, 2.75) is 25.0 Å². The van der Waals surface area contributed by atoms with Crippen LogP contribution in [-0.4, -0.2) is 73.7 Å². The van der Waals surface area contributed by atoms with Crippen LogP contribution < -0.4 is 5.56 Å². The highest BCUT2D eigenvalue weighted by Crippen LogP contribution is 2.27. The van der Waals surface area contributed by atoms with Crippen molar-refractivity contribution in [1.29, 1.82) is 0 Å². The molecule has 2 N–H and O–H groups in total. The Hall–Kier alpha value is -3.89. The first kappa shape index (κ1) is 22.9. The largest absolute Gasteiger partial charge is 0.392 e. The highest BCUT2D eigenvalue weighted by atomic mass is 16.5. The van der Waals surface area contributed by atoms with Gasteiger partial charge in [-0.15, -0.1) is 0 Å². The van der Waals surface area contributed by atoms with E-state index in [1.165, 1.54) is 12.6 Å². The van der Waals surface area contributed by atoms with Crippen molar-refractivity contribution < 1.29 is 14.4 Å². The third kappa shape index (κ3) is 5.13. The van der Waals surface area contributed by atoms with Gasteiger partial charge < -0.3 is 19.5 Å². The fraction of sp³-hybridized carbons (Fsp3) is 0.320. The number of carbonyl (C=O) groups is 1. The predicted octanol–water partition coefficient (Wildman–Crippen LogP) is 1.78. The number of hydrogen-bond donors (Lipinski definition) is 2. The zero-order valence-corrected chi connectivity index (χ0v) is 19.3. The van der Waals surface area contributed by atoms with Crippen LogP contribution in [0.5, 0.6) is 0 Å². The van der Waals surface area contributed by atoms with E-state index in [-0.39, 0.29) is 30.0 Å². The van der Waals surface area contributed by atoms with Gasteiger partial charge in [0.25, 0.3) is 5.56 Å². The molecular weight excluding hydrogens is 448 g/mol. The van der Waals surface area contributed by atoms with Gasteiger partial charge in [-0.2, -0.15) is 4.98 Å². The fourth-order valence-electron chi connectivity index (χ4n) is 4.53. The van der Waals surface area contributed by atoms with Gasteiger partial charge >= 0.3 is 0 Å². The van der Waals surface area contributed by atoms with Crippen molar-refractivity contribution in [2.75, 3.05) is 26.7 Å². The van der Waals surface area contributed by atoms with E-state index in [0.29, 0.717) is 29.9 Å². The topological polar surface area (TPSA) is 128 Å². The molecule has 0 bridgehead atoms. The van der Waals surface area contributed by atoms with Gasteiger partial charge in [0, 0.05) is 32.2 Å². The lowest BCUT2D eigenvalue weighted by Gasteiger charge is -2.32. The summed E-state index contributed by atoms with van der Waals surface area (Å²) in [6.45, 7) is 1.94. The Bertz CT molecular complexity index is 1390. The molecule has 2 atom stereocenters. The second-order valence-corrected chi connectivity index (χ2v) is 8.88. The molecule has 3 heterocycles. The third-order valence-corrected chi connectivity index (χ3v) is 6.43.